The summed E-state index contributed by atoms with van der Waals surface area (Å²) in [5, 5.41) is 2.66. The molecule has 1 aromatic rings. The third-order valence-corrected chi connectivity index (χ3v) is 2.15. The lowest BCUT2D eigenvalue weighted by Crippen LogP contribution is -2.37. The summed E-state index contributed by atoms with van der Waals surface area (Å²) in [7, 11) is 1.60. The maximum atomic E-state index is 11.0. The molecule has 0 saturated heterocycles. The zero-order chi connectivity index (χ0) is 12.7. The van der Waals surface area contributed by atoms with Crippen molar-refractivity contribution in [2.45, 2.75) is 13.0 Å². The van der Waals surface area contributed by atoms with Gasteiger partial charge in [-0.2, -0.15) is 0 Å². The Morgan fingerprint density at radius 2 is 2.18 bits per heavy atom. The van der Waals surface area contributed by atoms with Gasteiger partial charge in [0, 0.05) is 6.07 Å². The van der Waals surface area contributed by atoms with E-state index in [-0.39, 0.29) is 18.6 Å². The van der Waals surface area contributed by atoms with Crippen LogP contribution in [0.3, 0.4) is 0 Å². The van der Waals surface area contributed by atoms with E-state index in [0.29, 0.717) is 12.3 Å². The highest BCUT2D eigenvalue weighted by atomic mass is 16.5. The molecular formula is C12H18N2O3. The SMILES string of the molecule is COc1cccc(OC(C)CNC(=O)CN)c1. The molecule has 1 aromatic carbocycles. The quantitative estimate of drug-likeness (QED) is 0.758. The zero-order valence-corrected chi connectivity index (χ0v) is 10.1. The number of rotatable bonds is 6. The van der Waals surface area contributed by atoms with E-state index in [9.17, 15) is 4.79 Å². The molecule has 0 spiro atoms. The molecule has 5 nitrogen and oxygen atoms in total. The molecule has 0 radical (unpaired) electrons. The highest BCUT2D eigenvalue weighted by Gasteiger charge is 2.06. The molecule has 0 aliphatic rings. The van der Waals surface area contributed by atoms with Crippen molar-refractivity contribution in [2.75, 3.05) is 20.2 Å². The van der Waals surface area contributed by atoms with Crippen molar-refractivity contribution >= 4 is 5.91 Å². The second kappa shape index (κ2) is 6.75. The average Bonchev–Trinajstić information content (AvgIpc) is 2.36. The van der Waals surface area contributed by atoms with Crippen LogP contribution in [-0.4, -0.2) is 32.2 Å². The van der Waals surface area contributed by atoms with Gasteiger partial charge in [0.15, 0.2) is 0 Å². The number of nitrogens with two attached hydrogens (primary N) is 1. The predicted molar refractivity (Wildman–Crippen MR) is 65.1 cm³/mol. The van der Waals surface area contributed by atoms with Crippen LogP contribution in [0.4, 0.5) is 0 Å². The van der Waals surface area contributed by atoms with E-state index in [1.807, 2.05) is 25.1 Å². The van der Waals surface area contributed by atoms with E-state index < -0.39 is 0 Å². The van der Waals surface area contributed by atoms with Crippen molar-refractivity contribution in [3.8, 4) is 11.5 Å². The third kappa shape index (κ3) is 4.74. The van der Waals surface area contributed by atoms with Gasteiger partial charge in [-0.25, -0.2) is 0 Å². The zero-order valence-electron chi connectivity index (χ0n) is 10.1. The molecule has 0 heterocycles. The second-order valence-electron chi connectivity index (χ2n) is 3.62. The van der Waals surface area contributed by atoms with Gasteiger partial charge in [-0.3, -0.25) is 4.79 Å². The molecule has 17 heavy (non-hydrogen) atoms. The fourth-order valence-corrected chi connectivity index (χ4v) is 1.28. The largest absolute Gasteiger partial charge is 0.497 e. The number of hydrogen-bond donors (Lipinski definition) is 2. The number of ether oxygens (including phenoxy) is 2. The topological polar surface area (TPSA) is 73.6 Å². The van der Waals surface area contributed by atoms with E-state index in [0.717, 1.165) is 5.75 Å². The van der Waals surface area contributed by atoms with Crippen LogP contribution in [0.2, 0.25) is 0 Å². The summed E-state index contributed by atoms with van der Waals surface area (Å²) in [6.45, 7) is 2.29. The van der Waals surface area contributed by atoms with E-state index in [2.05, 4.69) is 5.32 Å². The van der Waals surface area contributed by atoms with Crippen LogP contribution in [0.5, 0.6) is 11.5 Å². The second-order valence-corrected chi connectivity index (χ2v) is 3.62. The van der Waals surface area contributed by atoms with Gasteiger partial charge in [0.1, 0.15) is 17.6 Å². The van der Waals surface area contributed by atoms with Gasteiger partial charge in [0.25, 0.3) is 0 Å². The summed E-state index contributed by atoms with van der Waals surface area (Å²) in [6.07, 6.45) is -0.127. The van der Waals surface area contributed by atoms with Gasteiger partial charge >= 0.3 is 0 Å². The van der Waals surface area contributed by atoms with Crippen LogP contribution in [-0.2, 0) is 4.79 Å². The van der Waals surface area contributed by atoms with Crippen LogP contribution in [0.15, 0.2) is 24.3 Å². The average molecular weight is 238 g/mol. The minimum atomic E-state index is -0.189. The Balaban J connectivity index is 2.44. The molecular weight excluding hydrogens is 220 g/mol. The van der Waals surface area contributed by atoms with Gasteiger partial charge in [-0.15, -0.1) is 0 Å². The normalized spacial score (nSPS) is 11.7. The Morgan fingerprint density at radius 3 is 2.82 bits per heavy atom. The van der Waals surface area contributed by atoms with E-state index in [4.69, 9.17) is 15.2 Å². The molecule has 5 heteroatoms. The molecule has 94 valence electrons. The summed E-state index contributed by atoms with van der Waals surface area (Å²) >= 11 is 0. The molecule has 1 amide bonds. The van der Waals surface area contributed by atoms with Gasteiger partial charge < -0.3 is 20.5 Å². The fraction of sp³-hybridized carbons (Fsp3) is 0.417. The molecule has 3 N–H and O–H groups in total. The Morgan fingerprint density at radius 1 is 1.47 bits per heavy atom. The van der Waals surface area contributed by atoms with Crippen LogP contribution in [0, 0.1) is 0 Å². The minimum Gasteiger partial charge on any atom is -0.497 e. The number of carbonyl (C=O) groups excluding carboxylic acids is 1. The van der Waals surface area contributed by atoms with Gasteiger partial charge in [0.05, 0.1) is 20.2 Å². The Hall–Kier alpha value is -1.75. The number of hydrogen-bond acceptors (Lipinski definition) is 4. The van der Waals surface area contributed by atoms with Gasteiger partial charge in [0.2, 0.25) is 5.91 Å². The van der Waals surface area contributed by atoms with Crippen molar-refractivity contribution in [1.29, 1.82) is 0 Å². The summed E-state index contributed by atoms with van der Waals surface area (Å²) in [5.74, 6) is 1.26. The molecule has 0 aromatic heterocycles. The molecule has 1 unspecified atom stereocenters. The van der Waals surface area contributed by atoms with Crippen molar-refractivity contribution < 1.29 is 14.3 Å². The standard InChI is InChI=1S/C12H18N2O3/c1-9(8-14-12(15)7-13)17-11-5-3-4-10(6-11)16-2/h3-6,9H,7-8,13H2,1-2H3,(H,14,15). The number of nitrogens with one attached hydrogen (secondary N) is 1. The van der Waals surface area contributed by atoms with Gasteiger partial charge in [-0.1, -0.05) is 6.07 Å². The lowest BCUT2D eigenvalue weighted by atomic mass is 10.3. The number of amides is 1. The maximum absolute atomic E-state index is 11.0. The van der Waals surface area contributed by atoms with E-state index in [1.54, 1.807) is 13.2 Å². The van der Waals surface area contributed by atoms with E-state index in [1.165, 1.54) is 0 Å². The molecule has 0 aliphatic heterocycles. The van der Waals surface area contributed by atoms with Crippen molar-refractivity contribution in [2.24, 2.45) is 5.73 Å². The Kier molecular flexibility index (Phi) is 5.29. The van der Waals surface area contributed by atoms with Crippen molar-refractivity contribution in [3.05, 3.63) is 24.3 Å². The number of benzene rings is 1. The summed E-state index contributed by atoms with van der Waals surface area (Å²) in [4.78, 5) is 11.0. The first-order chi connectivity index (χ1) is 8.15. The van der Waals surface area contributed by atoms with Crippen molar-refractivity contribution in [3.63, 3.8) is 0 Å². The summed E-state index contributed by atoms with van der Waals surface area (Å²) < 4.78 is 10.7. The van der Waals surface area contributed by atoms with Crippen molar-refractivity contribution in [1.82, 2.24) is 5.32 Å². The molecule has 0 bridgehead atoms. The highest BCUT2D eigenvalue weighted by molar-refractivity contribution is 5.77. The Labute approximate surface area is 101 Å². The first-order valence-corrected chi connectivity index (χ1v) is 5.43. The molecule has 0 fully saturated rings. The monoisotopic (exact) mass is 238 g/mol. The van der Waals surface area contributed by atoms with Crippen LogP contribution in [0.25, 0.3) is 0 Å². The van der Waals surface area contributed by atoms with E-state index >= 15 is 0 Å². The molecule has 1 rings (SSSR count). The molecule has 0 aliphatic carbocycles. The number of carbonyl (C=O) groups is 1. The van der Waals surface area contributed by atoms with Crippen LogP contribution < -0.4 is 20.5 Å². The highest BCUT2D eigenvalue weighted by Crippen LogP contribution is 2.19. The third-order valence-electron chi connectivity index (χ3n) is 2.15. The van der Waals surface area contributed by atoms with Gasteiger partial charge in [-0.05, 0) is 19.1 Å². The fourth-order valence-electron chi connectivity index (χ4n) is 1.28. The maximum Gasteiger partial charge on any atom is 0.233 e. The summed E-state index contributed by atoms with van der Waals surface area (Å²) in [6, 6.07) is 7.32. The summed E-state index contributed by atoms with van der Waals surface area (Å²) in [5.41, 5.74) is 5.18. The smallest absolute Gasteiger partial charge is 0.233 e. The minimum absolute atomic E-state index is 0.00806. The van der Waals surface area contributed by atoms with Crippen LogP contribution in [0.1, 0.15) is 6.92 Å². The Bertz CT molecular complexity index is 369. The first-order valence-electron chi connectivity index (χ1n) is 5.43. The molecule has 1 atom stereocenters. The van der Waals surface area contributed by atoms with Crippen LogP contribution >= 0.6 is 0 Å². The lowest BCUT2D eigenvalue weighted by molar-refractivity contribution is -0.120. The predicted octanol–water partition coefficient (Wildman–Crippen LogP) is 0.537. The lowest BCUT2D eigenvalue weighted by Gasteiger charge is -2.15. The molecule has 0 saturated carbocycles. The first kappa shape index (κ1) is 13.3. The number of methoxy groups -OCH3 is 1.